The summed E-state index contributed by atoms with van der Waals surface area (Å²) in [7, 11) is 0. The summed E-state index contributed by atoms with van der Waals surface area (Å²) in [5, 5.41) is 10.4. The summed E-state index contributed by atoms with van der Waals surface area (Å²) in [5.74, 6) is 0. The van der Waals surface area contributed by atoms with Crippen molar-refractivity contribution in [1.29, 1.82) is 0 Å². The van der Waals surface area contributed by atoms with Gasteiger partial charge in [0.25, 0.3) is 0 Å². The molecule has 0 aromatic heterocycles. The highest BCUT2D eigenvalue weighted by Crippen LogP contribution is 2.25. The van der Waals surface area contributed by atoms with Gasteiger partial charge in [-0.2, -0.15) is 0 Å². The summed E-state index contributed by atoms with van der Waals surface area (Å²) < 4.78 is 0. The van der Waals surface area contributed by atoms with Gasteiger partial charge in [-0.1, -0.05) is 76.9 Å². The lowest BCUT2D eigenvalue weighted by atomic mass is 9.92. The minimum absolute atomic E-state index is 0.569. The molecule has 0 bridgehead atoms. The van der Waals surface area contributed by atoms with Crippen LogP contribution in [-0.4, -0.2) is 25.2 Å². The Labute approximate surface area is 173 Å². The first-order valence-corrected chi connectivity index (χ1v) is 11.7. The third-order valence-corrected chi connectivity index (χ3v) is 5.95. The van der Waals surface area contributed by atoms with Crippen molar-refractivity contribution < 1.29 is 0 Å². The van der Waals surface area contributed by atoms with E-state index in [0.717, 1.165) is 25.9 Å². The predicted octanol–water partition coefficient (Wildman–Crippen LogP) is 6.26. The van der Waals surface area contributed by atoms with Gasteiger partial charge in [0.2, 0.25) is 0 Å². The normalized spacial score (nSPS) is 13.7. The first-order valence-electron chi connectivity index (χ1n) is 11.7. The average molecular weight is 383 g/mol. The van der Waals surface area contributed by atoms with E-state index in [1.165, 1.54) is 60.4 Å². The topological polar surface area (TPSA) is 24.1 Å². The SMILES string of the molecule is CCCCNC(CC)Cc1cccc2c(CC(CC)NCCCC)cccc12. The Morgan fingerprint density at radius 1 is 0.643 bits per heavy atom. The lowest BCUT2D eigenvalue weighted by molar-refractivity contribution is 0.486. The molecule has 0 aliphatic rings. The van der Waals surface area contributed by atoms with Crippen LogP contribution in [0.3, 0.4) is 0 Å². The lowest BCUT2D eigenvalue weighted by Gasteiger charge is -2.20. The highest BCUT2D eigenvalue weighted by molar-refractivity contribution is 5.88. The fourth-order valence-corrected chi connectivity index (χ4v) is 4.01. The van der Waals surface area contributed by atoms with Gasteiger partial charge in [-0.25, -0.2) is 0 Å². The van der Waals surface area contributed by atoms with Crippen LogP contribution >= 0.6 is 0 Å². The van der Waals surface area contributed by atoms with Crippen LogP contribution in [0.1, 0.15) is 77.3 Å². The second-order valence-corrected chi connectivity index (χ2v) is 8.16. The zero-order valence-corrected chi connectivity index (χ0v) is 18.7. The molecule has 0 saturated heterocycles. The van der Waals surface area contributed by atoms with Gasteiger partial charge in [0.15, 0.2) is 0 Å². The van der Waals surface area contributed by atoms with E-state index < -0.39 is 0 Å². The van der Waals surface area contributed by atoms with Crippen LogP contribution in [0.15, 0.2) is 36.4 Å². The monoisotopic (exact) mass is 382 g/mol. The number of unbranched alkanes of at least 4 members (excludes halogenated alkanes) is 2. The molecular weight excluding hydrogens is 340 g/mol. The quantitative estimate of drug-likeness (QED) is 0.377. The molecule has 0 radical (unpaired) electrons. The predicted molar refractivity (Wildman–Crippen MR) is 125 cm³/mol. The molecule has 2 atom stereocenters. The maximum Gasteiger partial charge on any atom is 0.0105 e. The Hall–Kier alpha value is -1.38. The van der Waals surface area contributed by atoms with Crippen LogP contribution in [0.2, 0.25) is 0 Å². The van der Waals surface area contributed by atoms with Crippen LogP contribution in [0.5, 0.6) is 0 Å². The maximum absolute atomic E-state index is 3.76. The van der Waals surface area contributed by atoms with Crippen molar-refractivity contribution in [2.45, 2.75) is 91.1 Å². The molecule has 2 unspecified atom stereocenters. The summed E-state index contributed by atoms with van der Waals surface area (Å²) >= 11 is 0. The fraction of sp³-hybridized carbons (Fsp3) is 0.615. The van der Waals surface area contributed by atoms with Crippen LogP contribution in [0.25, 0.3) is 10.8 Å². The molecular formula is C26H42N2. The molecule has 0 fully saturated rings. The minimum Gasteiger partial charge on any atom is -0.314 e. The van der Waals surface area contributed by atoms with E-state index in [4.69, 9.17) is 0 Å². The fourth-order valence-electron chi connectivity index (χ4n) is 4.01. The molecule has 0 spiro atoms. The first-order chi connectivity index (χ1) is 13.7. The standard InChI is InChI=1S/C26H42N2/c1-5-9-17-27-23(7-3)19-21-13-11-16-26-22(14-12-15-25(21)26)20-24(8-4)28-18-10-6-2/h11-16,23-24,27-28H,5-10,17-20H2,1-4H3. The lowest BCUT2D eigenvalue weighted by Crippen LogP contribution is -2.31. The van der Waals surface area contributed by atoms with Crippen molar-refractivity contribution in [3.05, 3.63) is 47.5 Å². The molecule has 0 amide bonds. The summed E-state index contributed by atoms with van der Waals surface area (Å²) in [4.78, 5) is 0. The van der Waals surface area contributed by atoms with Gasteiger partial charge in [0, 0.05) is 12.1 Å². The molecule has 0 aliphatic carbocycles. The van der Waals surface area contributed by atoms with Crippen molar-refractivity contribution >= 4 is 10.8 Å². The third kappa shape index (κ3) is 6.90. The average Bonchev–Trinajstić information content (AvgIpc) is 2.73. The van der Waals surface area contributed by atoms with Gasteiger partial charge < -0.3 is 10.6 Å². The number of hydrogen-bond donors (Lipinski definition) is 2. The van der Waals surface area contributed by atoms with E-state index in [0.29, 0.717) is 12.1 Å². The van der Waals surface area contributed by atoms with Gasteiger partial charge in [0.1, 0.15) is 0 Å². The smallest absolute Gasteiger partial charge is 0.0105 e. The maximum atomic E-state index is 3.76. The first kappa shape index (κ1) is 22.9. The van der Waals surface area contributed by atoms with E-state index >= 15 is 0 Å². The minimum atomic E-state index is 0.569. The Kier molecular flexibility index (Phi) is 10.6. The van der Waals surface area contributed by atoms with Crippen molar-refractivity contribution in [3.8, 4) is 0 Å². The molecule has 2 nitrogen and oxygen atoms in total. The second-order valence-electron chi connectivity index (χ2n) is 8.16. The number of nitrogens with one attached hydrogen (secondary N) is 2. The van der Waals surface area contributed by atoms with E-state index in [1.54, 1.807) is 0 Å². The van der Waals surface area contributed by atoms with E-state index in [2.05, 4.69) is 74.7 Å². The largest absolute Gasteiger partial charge is 0.314 e. The highest BCUT2D eigenvalue weighted by atomic mass is 14.9. The number of benzene rings is 2. The highest BCUT2D eigenvalue weighted by Gasteiger charge is 2.13. The molecule has 0 aliphatic heterocycles. The Bertz CT molecular complexity index is 620. The third-order valence-electron chi connectivity index (χ3n) is 5.95. The molecule has 2 heteroatoms. The molecule has 0 saturated carbocycles. The molecule has 156 valence electrons. The van der Waals surface area contributed by atoms with Gasteiger partial charge in [-0.3, -0.25) is 0 Å². The van der Waals surface area contributed by atoms with E-state index in [1.807, 2.05) is 0 Å². The summed E-state index contributed by atoms with van der Waals surface area (Å²) in [6.45, 7) is 11.4. The molecule has 28 heavy (non-hydrogen) atoms. The van der Waals surface area contributed by atoms with Gasteiger partial charge >= 0.3 is 0 Å². The molecule has 2 aromatic rings. The van der Waals surface area contributed by atoms with E-state index in [9.17, 15) is 0 Å². The molecule has 2 aromatic carbocycles. The van der Waals surface area contributed by atoms with E-state index in [-0.39, 0.29) is 0 Å². The van der Waals surface area contributed by atoms with Gasteiger partial charge in [-0.05, 0) is 73.5 Å². The Morgan fingerprint density at radius 2 is 1.07 bits per heavy atom. The summed E-state index contributed by atoms with van der Waals surface area (Å²) in [5.41, 5.74) is 2.98. The van der Waals surface area contributed by atoms with Crippen LogP contribution in [0, 0.1) is 0 Å². The van der Waals surface area contributed by atoms with Gasteiger partial charge in [0.05, 0.1) is 0 Å². The second kappa shape index (κ2) is 13.0. The van der Waals surface area contributed by atoms with Crippen molar-refractivity contribution in [1.82, 2.24) is 10.6 Å². The van der Waals surface area contributed by atoms with Crippen LogP contribution in [0.4, 0.5) is 0 Å². The zero-order chi connectivity index (χ0) is 20.2. The molecule has 2 N–H and O–H groups in total. The van der Waals surface area contributed by atoms with Crippen LogP contribution in [-0.2, 0) is 12.8 Å². The Morgan fingerprint density at radius 3 is 1.43 bits per heavy atom. The summed E-state index contributed by atoms with van der Waals surface area (Å²) in [6.07, 6.45) is 9.63. The molecule has 2 rings (SSSR count). The van der Waals surface area contributed by atoms with Crippen molar-refractivity contribution in [3.63, 3.8) is 0 Å². The zero-order valence-electron chi connectivity index (χ0n) is 18.7. The number of rotatable bonds is 14. The van der Waals surface area contributed by atoms with Crippen molar-refractivity contribution in [2.75, 3.05) is 13.1 Å². The van der Waals surface area contributed by atoms with Crippen molar-refractivity contribution in [2.24, 2.45) is 0 Å². The van der Waals surface area contributed by atoms with Crippen LogP contribution < -0.4 is 10.6 Å². The van der Waals surface area contributed by atoms with Gasteiger partial charge in [-0.15, -0.1) is 0 Å². The number of fused-ring (bicyclic) bond motifs is 1. The number of hydrogen-bond acceptors (Lipinski definition) is 2. The Balaban J connectivity index is 2.16. The molecule has 0 heterocycles. The summed E-state index contributed by atoms with van der Waals surface area (Å²) in [6, 6.07) is 14.9.